The molecule has 0 aliphatic rings. The summed E-state index contributed by atoms with van der Waals surface area (Å²) in [6.45, 7) is 1.79. The van der Waals surface area contributed by atoms with Crippen molar-refractivity contribution < 1.29 is 8.42 Å². The molecule has 1 aromatic carbocycles. The number of sulfonamides is 1. The molecule has 4 rings (SSSR count). The molecule has 3 heterocycles. The number of aryl methyl sites for hydroxylation is 2. The van der Waals surface area contributed by atoms with Crippen molar-refractivity contribution in [3.8, 4) is 10.6 Å². The molecule has 31 heavy (non-hydrogen) atoms. The fourth-order valence-electron chi connectivity index (χ4n) is 2.84. The largest absolute Gasteiger partial charge is 0.279 e. The maximum absolute atomic E-state index is 12.7. The fraction of sp³-hybridized carbons (Fsp3) is 0.111. The van der Waals surface area contributed by atoms with Crippen molar-refractivity contribution in [1.82, 2.24) is 24.4 Å². The van der Waals surface area contributed by atoms with Gasteiger partial charge in [-0.2, -0.15) is 0 Å². The summed E-state index contributed by atoms with van der Waals surface area (Å²) < 4.78 is 30.2. The van der Waals surface area contributed by atoms with Gasteiger partial charge in [0.1, 0.15) is 10.6 Å². The van der Waals surface area contributed by atoms with Crippen molar-refractivity contribution in [3.05, 3.63) is 67.0 Å². The third-order valence-electron chi connectivity index (χ3n) is 4.27. The zero-order valence-corrected chi connectivity index (χ0v) is 19.2. The van der Waals surface area contributed by atoms with Crippen LogP contribution in [0.1, 0.15) is 10.6 Å². The highest BCUT2D eigenvalue weighted by Gasteiger charge is 2.20. The quantitative estimate of drug-likeness (QED) is 0.451. The number of hydrogen-bond acceptors (Lipinski definition) is 7. The lowest BCUT2D eigenvalue weighted by molar-refractivity contribution is 0.609. The Morgan fingerprint density at radius 3 is 2.55 bits per heavy atom. The fourth-order valence-corrected chi connectivity index (χ4v) is 4.91. The van der Waals surface area contributed by atoms with Gasteiger partial charge >= 0.3 is 0 Å². The topological polar surface area (TPSA) is 111 Å². The molecule has 160 valence electrons. The monoisotopic (exact) mass is 496 g/mol. The molecule has 0 radical (unpaired) electrons. The lowest BCUT2D eigenvalue weighted by Gasteiger charge is -2.07. The lowest BCUT2D eigenvalue weighted by atomic mass is 10.2. The molecule has 0 saturated carbocycles. The maximum Gasteiger partial charge on any atom is 0.279 e. The number of hydrogen-bond donors (Lipinski definition) is 1. The average Bonchev–Trinajstić information content (AvgIpc) is 3.22. The molecule has 0 saturated heterocycles. The Morgan fingerprint density at radius 2 is 1.90 bits per heavy atom. The minimum atomic E-state index is -3.91. The first-order valence-electron chi connectivity index (χ1n) is 8.69. The molecule has 9 nitrogen and oxygen atoms in total. The lowest BCUT2D eigenvalue weighted by Crippen LogP contribution is -2.16. The summed E-state index contributed by atoms with van der Waals surface area (Å²) in [5.74, 6) is 0. The van der Waals surface area contributed by atoms with Gasteiger partial charge in [-0.1, -0.05) is 40.6 Å². The van der Waals surface area contributed by atoms with Crippen molar-refractivity contribution >= 4 is 62.0 Å². The van der Waals surface area contributed by atoms with E-state index < -0.39 is 10.0 Å². The summed E-state index contributed by atoms with van der Waals surface area (Å²) >= 11 is 13.4. The van der Waals surface area contributed by atoms with E-state index in [-0.39, 0.29) is 11.2 Å². The van der Waals surface area contributed by atoms with E-state index >= 15 is 0 Å². The number of benzene rings is 1. The van der Waals surface area contributed by atoms with Crippen LogP contribution < -0.4 is 10.3 Å². The van der Waals surface area contributed by atoms with E-state index in [0.29, 0.717) is 36.8 Å². The Kier molecular flexibility index (Phi) is 5.60. The maximum atomic E-state index is 12.7. The molecule has 0 spiro atoms. The van der Waals surface area contributed by atoms with Crippen LogP contribution in [-0.2, 0) is 17.1 Å². The molecule has 0 amide bonds. The van der Waals surface area contributed by atoms with Crippen molar-refractivity contribution in [2.45, 2.75) is 6.92 Å². The Bertz CT molecular complexity index is 1480. The van der Waals surface area contributed by atoms with E-state index in [1.807, 2.05) is 0 Å². The second-order valence-corrected chi connectivity index (χ2v) is 9.99. The summed E-state index contributed by atoms with van der Waals surface area (Å²) in [4.78, 5) is 17.0. The molecule has 4 aromatic rings. The van der Waals surface area contributed by atoms with Crippen molar-refractivity contribution in [1.29, 1.82) is 0 Å². The normalized spacial score (nSPS) is 12.1. The van der Waals surface area contributed by atoms with Gasteiger partial charge in [0, 0.05) is 22.7 Å². The Morgan fingerprint density at radius 1 is 1.19 bits per heavy atom. The predicted molar refractivity (Wildman–Crippen MR) is 122 cm³/mol. The molecule has 1 N–H and O–H groups in total. The van der Waals surface area contributed by atoms with Crippen LogP contribution in [0.3, 0.4) is 0 Å². The number of halogens is 2. The van der Waals surface area contributed by atoms with Gasteiger partial charge in [-0.05, 0) is 25.1 Å². The first-order chi connectivity index (χ1) is 14.7. The zero-order chi connectivity index (χ0) is 22.3. The first kappa shape index (κ1) is 21.5. The van der Waals surface area contributed by atoms with Crippen LogP contribution >= 0.6 is 34.5 Å². The van der Waals surface area contributed by atoms with Crippen LogP contribution in [0.5, 0.6) is 0 Å². The number of rotatable bonds is 5. The molecule has 0 fully saturated rings. The van der Waals surface area contributed by atoms with Crippen LogP contribution in [0.15, 0.2) is 40.8 Å². The summed E-state index contributed by atoms with van der Waals surface area (Å²) in [5.41, 5.74) is 0.861. The highest BCUT2D eigenvalue weighted by atomic mass is 35.5. The standard InChI is InChI=1S/C18H14Cl2N6O3S2/c1-10-22-23-17(30-10)15-16-21-8-11(9-26(16)25(2)18(15)27)24-31(28,29)7-6-12-13(19)4-3-5-14(12)20/h3-9,24H,1-2H3. The van der Waals surface area contributed by atoms with Gasteiger partial charge in [0.05, 0.1) is 23.5 Å². The van der Waals surface area contributed by atoms with Gasteiger partial charge < -0.3 is 0 Å². The van der Waals surface area contributed by atoms with Crippen LogP contribution in [0.4, 0.5) is 5.69 Å². The van der Waals surface area contributed by atoms with Crippen molar-refractivity contribution in [2.24, 2.45) is 7.05 Å². The minimum absolute atomic E-state index is 0.160. The Hall–Kier alpha value is -2.73. The van der Waals surface area contributed by atoms with Crippen LogP contribution in [0, 0.1) is 6.92 Å². The number of nitrogens with one attached hydrogen (secondary N) is 1. The Balaban J connectivity index is 1.69. The van der Waals surface area contributed by atoms with Gasteiger partial charge in [-0.3, -0.25) is 9.52 Å². The third kappa shape index (κ3) is 4.22. The highest BCUT2D eigenvalue weighted by molar-refractivity contribution is 7.95. The SMILES string of the molecule is Cc1nnc(-c2c(=O)n(C)n3cc(NS(=O)(=O)C=Cc4c(Cl)cccc4Cl)cnc23)s1. The summed E-state index contributed by atoms with van der Waals surface area (Å²) in [6, 6.07) is 4.87. The molecular weight excluding hydrogens is 483 g/mol. The molecule has 0 unspecified atom stereocenters. The van der Waals surface area contributed by atoms with Crippen LogP contribution in [0.2, 0.25) is 10.0 Å². The van der Waals surface area contributed by atoms with Gasteiger partial charge in [0.2, 0.25) is 0 Å². The third-order valence-corrected chi connectivity index (χ3v) is 6.80. The van der Waals surface area contributed by atoms with E-state index in [4.69, 9.17) is 23.2 Å². The van der Waals surface area contributed by atoms with Crippen molar-refractivity contribution in [2.75, 3.05) is 4.72 Å². The molecule has 0 aliphatic heterocycles. The Labute approximate surface area is 190 Å². The molecule has 0 aliphatic carbocycles. The zero-order valence-electron chi connectivity index (χ0n) is 16.1. The van der Waals surface area contributed by atoms with Crippen molar-refractivity contribution in [3.63, 3.8) is 0 Å². The summed E-state index contributed by atoms with van der Waals surface area (Å²) in [7, 11) is -2.36. The second kappa shape index (κ2) is 8.08. The minimum Gasteiger partial charge on any atom is -0.277 e. The van der Waals surface area contributed by atoms with E-state index in [0.717, 1.165) is 5.41 Å². The number of aromatic nitrogens is 5. The average molecular weight is 497 g/mol. The first-order valence-corrected chi connectivity index (χ1v) is 11.8. The van der Waals surface area contributed by atoms with Gasteiger partial charge in [0.25, 0.3) is 15.6 Å². The van der Waals surface area contributed by atoms with Crippen LogP contribution in [0.25, 0.3) is 22.3 Å². The van der Waals surface area contributed by atoms with E-state index in [1.165, 1.54) is 39.0 Å². The molecule has 0 bridgehead atoms. The second-order valence-electron chi connectivity index (χ2n) is 6.43. The van der Waals surface area contributed by atoms with E-state index in [1.54, 1.807) is 32.2 Å². The predicted octanol–water partition coefficient (Wildman–Crippen LogP) is 3.58. The van der Waals surface area contributed by atoms with Crippen LogP contribution in [-0.4, -0.2) is 32.8 Å². The van der Waals surface area contributed by atoms with E-state index in [9.17, 15) is 13.2 Å². The highest BCUT2D eigenvalue weighted by Crippen LogP contribution is 2.27. The molecule has 3 aromatic heterocycles. The number of fused-ring (bicyclic) bond motifs is 1. The molecular formula is C18H14Cl2N6O3S2. The van der Waals surface area contributed by atoms with Gasteiger partial charge in [0.15, 0.2) is 10.7 Å². The van der Waals surface area contributed by atoms with Gasteiger partial charge in [-0.15, -0.1) is 10.2 Å². The number of nitrogens with zero attached hydrogens (tertiary/aromatic N) is 5. The van der Waals surface area contributed by atoms with E-state index in [2.05, 4.69) is 19.9 Å². The van der Waals surface area contributed by atoms with Gasteiger partial charge in [-0.25, -0.2) is 22.6 Å². The summed E-state index contributed by atoms with van der Waals surface area (Å²) in [5, 5.41) is 10.7. The number of anilines is 1. The smallest absolute Gasteiger partial charge is 0.277 e. The molecule has 13 heteroatoms. The summed E-state index contributed by atoms with van der Waals surface area (Å²) in [6.07, 6.45) is 4.08. The molecule has 0 atom stereocenters.